The minimum atomic E-state index is -0.270. The average molecular weight is 378 g/mol. The van der Waals surface area contributed by atoms with Gasteiger partial charge in [0.15, 0.2) is 11.6 Å². The first-order chi connectivity index (χ1) is 13.7. The van der Waals surface area contributed by atoms with Gasteiger partial charge in [-0.3, -0.25) is 4.98 Å². The molecule has 144 valence electrons. The van der Waals surface area contributed by atoms with Gasteiger partial charge in [0.2, 0.25) is 0 Å². The maximum atomic E-state index is 14.9. The molecule has 3 aromatic rings. The molecule has 4 heterocycles. The Balaban J connectivity index is 1.43. The van der Waals surface area contributed by atoms with Gasteiger partial charge in [0.05, 0.1) is 29.0 Å². The molecule has 0 spiro atoms. The summed E-state index contributed by atoms with van der Waals surface area (Å²) >= 11 is 0. The maximum absolute atomic E-state index is 14.9. The fourth-order valence-electron chi connectivity index (χ4n) is 4.55. The first-order valence-electron chi connectivity index (χ1n) is 9.97. The first kappa shape index (κ1) is 17.3. The Labute approximate surface area is 163 Å². The predicted molar refractivity (Wildman–Crippen MR) is 107 cm³/mol. The number of anilines is 2. The van der Waals surface area contributed by atoms with E-state index >= 15 is 0 Å². The van der Waals surface area contributed by atoms with Crippen LogP contribution in [0.15, 0.2) is 36.8 Å². The Bertz CT molecular complexity index is 1010. The molecule has 2 atom stereocenters. The number of para-hydroxylation sites is 2. The number of aromatic nitrogens is 4. The molecule has 5 rings (SSSR count). The second kappa shape index (κ2) is 6.96. The zero-order valence-corrected chi connectivity index (χ0v) is 15.9. The Morgan fingerprint density at radius 1 is 1.07 bits per heavy atom. The summed E-state index contributed by atoms with van der Waals surface area (Å²) in [6.07, 6.45) is 6.06. The van der Waals surface area contributed by atoms with Crippen LogP contribution in [0.2, 0.25) is 0 Å². The van der Waals surface area contributed by atoms with Crippen molar-refractivity contribution in [2.45, 2.75) is 32.2 Å². The third-order valence-electron chi connectivity index (χ3n) is 6.07. The van der Waals surface area contributed by atoms with Gasteiger partial charge in [-0.25, -0.2) is 19.3 Å². The number of halogens is 1. The fraction of sp³-hybridized carbons (Fsp3) is 0.429. The highest BCUT2D eigenvalue weighted by Gasteiger charge is 2.40. The van der Waals surface area contributed by atoms with Gasteiger partial charge in [-0.15, -0.1) is 0 Å². The normalized spacial score (nSPS) is 21.9. The zero-order valence-electron chi connectivity index (χ0n) is 15.9. The van der Waals surface area contributed by atoms with Gasteiger partial charge in [0.1, 0.15) is 12.1 Å². The summed E-state index contributed by atoms with van der Waals surface area (Å²) in [5.74, 6) is 1.63. The van der Waals surface area contributed by atoms with Gasteiger partial charge >= 0.3 is 0 Å². The van der Waals surface area contributed by atoms with Crippen LogP contribution in [-0.2, 0) is 6.42 Å². The number of nitrogens with zero attached hydrogens (tertiary/aromatic N) is 6. The van der Waals surface area contributed by atoms with Crippen LogP contribution in [0.25, 0.3) is 11.0 Å². The van der Waals surface area contributed by atoms with E-state index in [0.29, 0.717) is 23.9 Å². The highest BCUT2D eigenvalue weighted by molar-refractivity contribution is 5.75. The molecule has 2 aliphatic rings. The summed E-state index contributed by atoms with van der Waals surface area (Å²) < 4.78 is 14.9. The molecule has 0 N–H and O–H groups in total. The standard InChI is InChI=1S/C21H23FN6/c1-2-15-20(22)21(25-13-24-15)28-10-8-14-7-9-27(12-18(14)28)19-11-23-16-5-3-4-6-17(16)26-19/h3-6,11,13-14,18H,2,7-10,12H2,1H3. The Kier molecular flexibility index (Phi) is 4.30. The number of aryl methyl sites for hydroxylation is 1. The van der Waals surface area contributed by atoms with Crippen molar-refractivity contribution in [2.24, 2.45) is 5.92 Å². The van der Waals surface area contributed by atoms with Crippen molar-refractivity contribution in [3.05, 3.63) is 48.3 Å². The molecule has 2 aromatic heterocycles. The lowest BCUT2D eigenvalue weighted by atomic mass is 9.92. The SMILES string of the molecule is CCc1ncnc(N2CCC3CCN(c4cnc5ccccc5n4)CC32)c1F. The molecular weight excluding hydrogens is 355 g/mol. The van der Waals surface area contributed by atoms with Crippen molar-refractivity contribution in [3.8, 4) is 0 Å². The van der Waals surface area contributed by atoms with Crippen LogP contribution in [-0.4, -0.2) is 45.6 Å². The van der Waals surface area contributed by atoms with Gasteiger partial charge < -0.3 is 9.80 Å². The van der Waals surface area contributed by atoms with E-state index in [1.165, 1.54) is 6.33 Å². The number of piperidine rings is 1. The molecule has 0 aliphatic carbocycles. The quantitative estimate of drug-likeness (QED) is 0.697. The summed E-state index contributed by atoms with van der Waals surface area (Å²) in [5.41, 5.74) is 2.29. The summed E-state index contributed by atoms with van der Waals surface area (Å²) in [5, 5.41) is 0. The monoisotopic (exact) mass is 378 g/mol. The molecule has 2 aliphatic heterocycles. The van der Waals surface area contributed by atoms with Crippen LogP contribution < -0.4 is 9.80 Å². The van der Waals surface area contributed by atoms with Crippen molar-refractivity contribution in [3.63, 3.8) is 0 Å². The van der Waals surface area contributed by atoms with Crippen molar-refractivity contribution < 1.29 is 4.39 Å². The highest BCUT2D eigenvalue weighted by atomic mass is 19.1. The topological polar surface area (TPSA) is 58.0 Å². The Morgan fingerprint density at radius 3 is 2.75 bits per heavy atom. The first-order valence-corrected chi connectivity index (χ1v) is 9.97. The molecule has 2 fully saturated rings. The van der Waals surface area contributed by atoms with Gasteiger partial charge in [0.25, 0.3) is 0 Å². The summed E-state index contributed by atoms with van der Waals surface area (Å²) in [6.45, 7) is 4.52. The lowest BCUT2D eigenvalue weighted by Gasteiger charge is -2.39. The molecule has 0 bridgehead atoms. The number of fused-ring (bicyclic) bond motifs is 2. The lowest BCUT2D eigenvalue weighted by molar-refractivity contribution is 0.386. The summed E-state index contributed by atoms with van der Waals surface area (Å²) in [7, 11) is 0. The van der Waals surface area contributed by atoms with Gasteiger partial charge in [-0.2, -0.15) is 0 Å². The van der Waals surface area contributed by atoms with Crippen molar-refractivity contribution in [2.75, 3.05) is 29.4 Å². The summed E-state index contributed by atoms with van der Waals surface area (Å²) in [4.78, 5) is 22.2. The minimum Gasteiger partial charge on any atom is -0.353 e. The molecule has 2 saturated heterocycles. The number of benzene rings is 1. The van der Waals surface area contributed by atoms with E-state index in [1.54, 1.807) is 0 Å². The van der Waals surface area contributed by atoms with E-state index in [-0.39, 0.29) is 11.9 Å². The van der Waals surface area contributed by atoms with Crippen molar-refractivity contribution in [1.29, 1.82) is 0 Å². The third-order valence-corrected chi connectivity index (χ3v) is 6.07. The van der Waals surface area contributed by atoms with Crippen molar-refractivity contribution >= 4 is 22.7 Å². The second-order valence-electron chi connectivity index (χ2n) is 7.57. The van der Waals surface area contributed by atoms with Crippen LogP contribution in [0.3, 0.4) is 0 Å². The molecule has 0 saturated carbocycles. The number of hydrogen-bond acceptors (Lipinski definition) is 6. The average Bonchev–Trinajstić information content (AvgIpc) is 3.16. The minimum absolute atomic E-state index is 0.233. The number of hydrogen-bond donors (Lipinski definition) is 0. The molecule has 2 unspecified atom stereocenters. The largest absolute Gasteiger partial charge is 0.353 e. The number of rotatable bonds is 3. The lowest BCUT2D eigenvalue weighted by Crippen LogP contribution is -2.49. The zero-order chi connectivity index (χ0) is 19.1. The van der Waals surface area contributed by atoms with E-state index in [2.05, 4.69) is 24.8 Å². The van der Waals surface area contributed by atoms with Crippen LogP contribution >= 0.6 is 0 Å². The molecule has 28 heavy (non-hydrogen) atoms. The molecule has 7 heteroatoms. The van der Waals surface area contributed by atoms with Crippen LogP contribution in [0.1, 0.15) is 25.5 Å². The Hall–Kier alpha value is -2.83. The molecule has 6 nitrogen and oxygen atoms in total. The van der Waals surface area contributed by atoms with E-state index in [1.807, 2.05) is 37.4 Å². The van der Waals surface area contributed by atoms with Gasteiger partial charge in [0, 0.05) is 19.6 Å². The van der Waals surface area contributed by atoms with Gasteiger partial charge in [-0.05, 0) is 37.3 Å². The van der Waals surface area contributed by atoms with Gasteiger partial charge in [-0.1, -0.05) is 19.1 Å². The smallest absolute Gasteiger partial charge is 0.187 e. The van der Waals surface area contributed by atoms with Crippen molar-refractivity contribution in [1.82, 2.24) is 19.9 Å². The molecule has 0 radical (unpaired) electrons. The maximum Gasteiger partial charge on any atom is 0.187 e. The predicted octanol–water partition coefficient (Wildman–Crippen LogP) is 3.23. The highest BCUT2D eigenvalue weighted by Crippen LogP contribution is 2.36. The van der Waals surface area contributed by atoms with Crippen LogP contribution in [0, 0.1) is 11.7 Å². The second-order valence-corrected chi connectivity index (χ2v) is 7.57. The van der Waals surface area contributed by atoms with E-state index < -0.39 is 0 Å². The Morgan fingerprint density at radius 2 is 1.89 bits per heavy atom. The van der Waals surface area contributed by atoms with E-state index in [0.717, 1.165) is 49.3 Å². The fourth-order valence-corrected chi connectivity index (χ4v) is 4.55. The van der Waals surface area contributed by atoms with Crippen LogP contribution in [0.4, 0.5) is 16.0 Å². The third kappa shape index (κ3) is 2.85. The molecule has 1 aromatic carbocycles. The summed E-state index contributed by atoms with van der Waals surface area (Å²) in [6, 6.07) is 8.15. The van der Waals surface area contributed by atoms with Crippen LogP contribution in [0.5, 0.6) is 0 Å². The molecule has 0 amide bonds. The van der Waals surface area contributed by atoms with E-state index in [9.17, 15) is 4.39 Å². The molecular formula is C21H23FN6. The van der Waals surface area contributed by atoms with E-state index in [4.69, 9.17) is 4.98 Å².